The number of rotatable bonds is 4. The number of thiazole rings is 1. The topological polar surface area (TPSA) is 89.5 Å². The number of carbonyl (C=O) groups is 1. The number of carbonyl (C=O) groups excluding carboxylic acids is 1. The first-order valence-corrected chi connectivity index (χ1v) is 6.13. The van der Waals surface area contributed by atoms with Crippen molar-refractivity contribution in [3.63, 3.8) is 0 Å². The van der Waals surface area contributed by atoms with Crippen LogP contribution in [0.25, 0.3) is 11.3 Å². The molecule has 0 fully saturated rings. The fraction of sp³-hybridized carbons (Fsp3) is 0.0909. The zero-order valence-electron chi connectivity index (χ0n) is 9.94. The van der Waals surface area contributed by atoms with Crippen LogP contribution in [0, 0.1) is 10.1 Å². The standard InChI is InChI=1S/C11H10N4O3S/c1-14-10(6-19-11(14)13-12-7-16)8-2-4-9(5-3-8)15(17)18/h2-7H,1H3,(H,12,16). The van der Waals surface area contributed by atoms with Crippen LogP contribution in [0.2, 0.25) is 0 Å². The lowest BCUT2D eigenvalue weighted by atomic mass is 10.1. The molecular formula is C11H10N4O3S. The van der Waals surface area contributed by atoms with Crippen molar-refractivity contribution in [1.82, 2.24) is 9.99 Å². The Bertz CT molecular complexity index is 672. The Labute approximate surface area is 112 Å². The van der Waals surface area contributed by atoms with E-state index in [1.165, 1.54) is 23.5 Å². The number of nitrogens with one attached hydrogen (secondary N) is 1. The summed E-state index contributed by atoms with van der Waals surface area (Å²) < 4.78 is 1.79. The molecule has 0 aliphatic heterocycles. The SMILES string of the molecule is Cn1c(-c2ccc([N+](=O)[O-])cc2)csc1=NNC=O. The van der Waals surface area contributed by atoms with Crippen molar-refractivity contribution in [3.05, 3.63) is 44.6 Å². The number of nitro groups is 1. The number of nitro benzene ring substituents is 1. The number of hydrogen-bond acceptors (Lipinski definition) is 5. The van der Waals surface area contributed by atoms with Crippen molar-refractivity contribution < 1.29 is 9.72 Å². The molecule has 0 unspecified atom stereocenters. The summed E-state index contributed by atoms with van der Waals surface area (Å²) >= 11 is 1.36. The second kappa shape index (κ2) is 5.44. The van der Waals surface area contributed by atoms with E-state index in [-0.39, 0.29) is 5.69 Å². The fourth-order valence-electron chi connectivity index (χ4n) is 1.57. The van der Waals surface area contributed by atoms with E-state index in [1.54, 1.807) is 23.7 Å². The highest BCUT2D eigenvalue weighted by molar-refractivity contribution is 7.07. The van der Waals surface area contributed by atoms with E-state index in [0.717, 1.165) is 11.3 Å². The Kier molecular flexibility index (Phi) is 3.71. The van der Waals surface area contributed by atoms with E-state index in [0.29, 0.717) is 11.2 Å². The second-order valence-electron chi connectivity index (χ2n) is 3.63. The van der Waals surface area contributed by atoms with Gasteiger partial charge in [0.1, 0.15) is 0 Å². The maximum absolute atomic E-state index is 10.6. The molecule has 0 saturated heterocycles. The molecule has 0 aliphatic rings. The molecule has 1 heterocycles. The molecule has 19 heavy (non-hydrogen) atoms. The van der Waals surface area contributed by atoms with Crippen molar-refractivity contribution in [3.8, 4) is 11.3 Å². The van der Waals surface area contributed by atoms with Gasteiger partial charge >= 0.3 is 0 Å². The van der Waals surface area contributed by atoms with Crippen LogP contribution < -0.4 is 10.2 Å². The predicted molar refractivity (Wildman–Crippen MR) is 70.1 cm³/mol. The molecule has 7 nitrogen and oxygen atoms in total. The van der Waals surface area contributed by atoms with Crippen molar-refractivity contribution in [2.45, 2.75) is 0 Å². The summed E-state index contributed by atoms with van der Waals surface area (Å²) in [6.07, 6.45) is 0.491. The van der Waals surface area contributed by atoms with E-state index in [4.69, 9.17) is 0 Å². The molecule has 0 radical (unpaired) electrons. The lowest BCUT2D eigenvalue weighted by Crippen LogP contribution is -2.16. The number of aromatic nitrogens is 1. The van der Waals surface area contributed by atoms with Gasteiger partial charge in [0.05, 0.1) is 10.6 Å². The maximum atomic E-state index is 10.6. The van der Waals surface area contributed by atoms with Crippen LogP contribution in [-0.4, -0.2) is 15.9 Å². The van der Waals surface area contributed by atoms with Gasteiger partial charge in [0.2, 0.25) is 11.2 Å². The normalized spacial score (nSPS) is 11.3. The third-order valence-electron chi connectivity index (χ3n) is 2.51. The first-order chi connectivity index (χ1) is 9.13. The molecule has 0 spiro atoms. The third kappa shape index (κ3) is 2.68. The first-order valence-electron chi connectivity index (χ1n) is 5.25. The van der Waals surface area contributed by atoms with Gasteiger partial charge in [-0.05, 0) is 17.7 Å². The van der Waals surface area contributed by atoms with E-state index in [1.807, 2.05) is 5.38 Å². The molecule has 1 aromatic carbocycles. The molecule has 1 N–H and O–H groups in total. The molecule has 2 rings (SSSR count). The quantitative estimate of drug-likeness (QED) is 0.518. The fourth-order valence-corrected chi connectivity index (χ4v) is 2.44. The maximum Gasteiger partial charge on any atom is 0.269 e. The monoisotopic (exact) mass is 278 g/mol. The minimum Gasteiger partial charge on any atom is -0.318 e. The summed E-state index contributed by atoms with van der Waals surface area (Å²) in [4.78, 5) is 21.0. The lowest BCUT2D eigenvalue weighted by molar-refractivity contribution is -0.384. The van der Waals surface area contributed by atoms with E-state index >= 15 is 0 Å². The van der Waals surface area contributed by atoms with E-state index < -0.39 is 4.92 Å². The van der Waals surface area contributed by atoms with Crippen LogP contribution >= 0.6 is 11.3 Å². The van der Waals surface area contributed by atoms with Gasteiger partial charge in [-0.15, -0.1) is 16.4 Å². The molecule has 0 aliphatic carbocycles. The van der Waals surface area contributed by atoms with Crippen molar-refractivity contribution in [1.29, 1.82) is 0 Å². The highest BCUT2D eigenvalue weighted by atomic mass is 32.1. The summed E-state index contributed by atoms with van der Waals surface area (Å²) in [7, 11) is 1.80. The van der Waals surface area contributed by atoms with Crippen LogP contribution in [0.3, 0.4) is 0 Å². The summed E-state index contributed by atoms with van der Waals surface area (Å²) in [5.74, 6) is 0. The zero-order chi connectivity index (χ0) is 13.8. The summed E-state index contributed by atoms with van der Waals surface area (Å²) in [5.41, 5.74) is 4.00. The molecule has 1 aromatic heterocycles. The number of amides is 1. The van der Waals surface area contributed by atoms with Gasteiger partial charge in [-0.3, -0.25) is 14.9 Å². The Morgan fingerprint density at radius 3 is 2.68 bits per heavy atom. The van der Waals surface area contributed by atoms with Crippen LogP contribution in [-0.2, 0) is 11.8 Å². The van der Waals surface area contributed by atoms with Crippen LogP contribution in [0.5, 0.6) is 0 Å². The van der Waals surface area contributed by atoms with Crippen LogP contribution in [0.1, 0.15) is 0 Å². The molecule has 2 aromatic rings. The number of nitrogens with zero attached hydrogens (tertiary/aromatic N) is 3. The van der Waals surface area contributed by atoms with Crippen molar-refractivity contribution >= 4 is 23.4 Å². The van der Waals surface area contributed by atoms with Crippen LogP contribution in [0.15, 0.2) is 34.7 Å². The van der Waals surface area contributed by atoms with E-state index in [9.17, 15) is 14.9 Å². The smallest absolute Gasteiger partial charge is 0.269 e. The van der Waals surface area contributed by atoms with Crippen molar-refractivity contribution in [2.24, 2.45) is 12.1 Å². The summed E-state index contributed by atoms with van der Waals surface area (Å²) in [6.45, 7) is 0. The first kappa shape index (κ1) is 13.0. The molecule has 0 atom stereocenters. The van der Waals surface area contributed by atoms with Gasteiger partial charge < -0.3 is 4.57 Å². The second-order valence-corrected chi connectivity index (χ2v) is 4.46. The third-order valence-corrected chi connectivity index (χ3v) is 3.43. The van der Waals surface area contributed by atoms with Gasteiger partial charge in [0.15, 0.2) is 0 Å². The summed E-state index contributed by atoms with van der Waals surface area (Å²) in [6, 6.07) is 6.26. The molecular weight excluding hydrogens is 268 g/mol. The molecule has 0 bridgehead atoms. The number of non-ortho nitro benzene ring substituents is 1. The molecule has 8 heteroatoms. The number of hydrogen-bond donors (Lipinski definition) is 1. The Balaban J connectivity index is 2.39. The van der Waals surface area contributed by atoms with Gasteiger partial charge in [-0.25, -0.2) is 5.43 Å². The molecule has 98 valence electrons. The minimum atomic E-state index is -0.438. The van der Waals surface area contributed by atoms with Gasteiger partial charge in [-0.1, -0.05) is 0 Å². The van der Waals surface area contributed by atoms with Crippen LogP contribution in [0.4, 0.5) is 5.69 Å². The van der Waals surface area contributed by atoms with Crippen molar-refractivity contribution in [2.75, 3.05) is 0 Å². The zero-order valence-corrected chi connectivity index (χ0v) is 10.8. The van der Waals surface area contributed by atoms with Gasteiger partial charge in [0.25, 0.3) is 5.69 Å². The average molecular weight is 278 g/mol. The predicted octanol–water partition coefficient (Wildman–Crippen LogP) is 1.22. The largest absolute Gasteiger partial charge is 0.318 e. The average Bonchev–Trinajstić information content (AvgIpc) is 2.78. The number of benzene rings is 1. The highest BCUT2D eigenvalue weighted by Crippen LogP contribution is 2.22. The Hall–Kier alpha value is -2.48. The molecule has 0 saturated carbocycles. The Morgan fingerprint density at radius 1 is 1.42 bits per heavy atom. The minimum absolute atomic E-state index is 0.0502. The lowest BCUT2D eigenvalue weighted by Gasteiger charge is -2.02. The summed E-state index contributed by atoms with van der Waals surface area (Å²) in [5, 5.41) is 16.3. The highest BCUT2D eigenvalue weighted by Gasteiger charge is 2.08. The van der Waals surface area contributed by atoms with Gasteiger partial charge in [0, 0.05) is 24.6 Å². The molecule has 1 amide bonds. The van der Waals surface area contributed by atoms with E-state index in [2.05, 4.69) is 10.5 Å². The van der Waals surface area contributed by atoms with Gasteiger partial charge in [-0.2, -0.15) is 0 Å². The Morgan fingerprint density at radius 2 is 2.11 bits per heavy atom.